The monoisotopic (exact) mass is 245 g/mol. The Balaban J connectivity index is 1.82. The van der Waals surface area contributed by atoms with Gasteiger partial charge in [0, 0.05) is 31.0 Å². The largest absolute Gasteiger partial charge is 0.481 e. The first kappa shape index (κ1) is 13.8. The molecule has 1 heterocycles. The van der Waals surface area contributed by atoms with Gasteiger partial charge in [0.05, 0.1) is 0 Å². The molecule has 1 fully saturated rings. The number of thioether (sulfide) groups is 1. The van der Waals surface area contributed by atoms with Crippen LogP contribution in [0.3, 0.4) is 0 Å². The van der Waals surface area contributed by atoms with Crippen molar-refractivity contribution in [3.63, 3.8) is 0 Å². The molecule has 16 heavy (non-hydrogen) atoms. The summed E-state index contributed by atoms with van der Waals surface area (Å²) in [5, 5.41) is 8.48. The number of unbranched alkanes of at least 4 members (excludes halogenated alkanes) is 4. The van der Waals surface area contributed by atoms with Gasteiger partial charge in [0.25, 0.3) is 0 Å². The number of carboxylic acids is 1. The summed E-state index contributed by atoms with van der Waals surface area (Å²) in [7, 11) is 0. The van der Waals surface area contributed by atoms with E-state index in [4.69, 9.17) is 5.11 Å². The maximum Gasteiger partial charge on any atom is 0.303 e. The third-order valence-electron chi connectivity index (χ3n) is 2.97. The van der Waals surface area contributed by atoms with Crippen LogP contribution in [0.15, 0.2) is 0 Å². The molecule has 1 saturated heterocycles. The molecule has 0 bridgehead atoms. The average Bonchev–Trinajstić information content (AvgIpc) is 2.29. The standard InChI is InChI=1S/C12H23NO2S/c14-12(15)6-4-2-1-3-5-7-13-8-10-16-11-9-13/h1-11H2,(H,14,15). The summed E-state index contributed by atoms with van der Waals surface area (Å²) in [5.41, 5.74) is 0. The van der Waals surface area contributed by atoms with Crippen LogP contribution in [0.1, 0.15) is 38.5 Å². The molecule has 0 saturated carbocycles. The van der Waals surface area contributed by atoms with Crippen molar-refractivity contribution in [3.05, 3.63) is 0 Å². The van der Waals surface area contributed by atoms with Crippen LogP contribution in [-0.4, -0.2) is 47.1 Å². The fraction of sp³-hybridized carbons (Fsp3) is 0.917. The Labute approximate surface area is 103 Å². The van der Waals surface area contributed by atoms with Crippen LogP contribution in [0.25, 0.3) is 0 Å². The van der Waals surface area contributed by atoms with Crippen LogP contribution in [0, 0.1) is 0 Å². The molecule has 0 unspecified atom stereocenters. The lowest BCUT2D eigenvalue weighted by atomic mass is 10.1. The van der Waals surface area contributed by atoms with E-state index in [1.807, 2.05) is 0 Å². The number of rotatable bonds is 8. The second-order valence-corrected chi connectivity index (χ2v) is 5.59. The van der Waals surface area contributed by atoms with Gasteiger partial charge < -0.3 is 10.0 Å². The zero-order chi connectivity index (χ0) is 11.6. The fourth-order valence-electron chi connectivity index (χ4n) is 1.97. The summed E-state index contributed by atoms with van der Waals surface area (Å²) in [6.07, 6.45) is 5.97. The van der Waals surface area contributed by atoms with Gasteiger partial charge in [0.2, 0.25) is 0 Å². The Morgan fingerprint density at radius 1 is 1.06 bits per heavy atom. The van der Waals surface area contributed by atoms with Crippen LogP contribution in [0.4, 0.5) is 0 Å². The molecule has 1 rings (SSSR count). The quantitative estimate of drug-likeness (QED) is 0.667. The second-order valence-electron chi connectivity index (χ2n) is 4.37. The second kappa shape index (κ2) is 8.88. The third kappa shape index (κ3) is 7.12. The van der Waals surface area contributed by atoms with Gasteiger partial charge in [0.1, 0.15) is 0 Å². The summed E-state index contributed by atoms with van der Waals surface area (Å²) in [4.78, 5) is 12.8. The lowest BCUT2D eigenvalue weighted by molar-refractivity contribution is -0.137. The van der Waals surface area contributed by atoms with Crippen molar-refractivity contribution in [1.82, 2.24) is 4.90 Å². The molecule has 1 aliphatic rings. The Hall–Kier alpha value is -0.220. The van der Waals surface area contributed by atoms with E-state index >= 15 is 0 Å². The van der Waals surface area contributed by atoms with E-state index in [-0.39, 0.29) is 0 Å². The summed E-state index contributed by atoms with van der Waals surface area (Å²) >= 11 is 2.05. The molecular formula is C12H23NO2S. The van der Waals surface area contributed by atoms with Gasteiger partial charge in [-0.15, -0.1) is 0 Å². The van der Waals surface area contributed by atoms with Crippen molar-refractivity contribution in [2.24, 2.45) is 0 Å². The first-order chi connectivity index (χ1) is 7.79. The molecule has 0 radical (unpaired) electrons. The Morgan fingerprint density at radius 3 is 2.38 bits per heavy atom. The van der Waals surface area contributed by atoms with E-state index < -0.39 is 5.97 Å². The first-order valence-corrected chi connectivity index (χ1v) is 7.46. The van der Waals surface area contributed by atoms with Gasteiger partial charge in [0.15, 0.2) is 0 Å². The minimum atomic E-state index is -0.661. The normalized spacial score (nSPS) is 17.5. The first-order valence-electron chi connectivity index (χ1n) is 6.31. The van der Waals surface area contributed by atoms with E-state index in [0.717, 1.165) is 12.8 Å². The van der Waals surface area contributed by atoms with Crippen molar-refractivity contribution in [3.8, 4) is 0 Å². The molecule has 3 nitrogen and oxygen atoms in total. The third-order valence-corrected chi connectivity index (χ3v) is 3.91. The van der Waals surface area contributed by atoms with Crippen LogP contribution in [-0.2, 0) is 4.79 Å². The van der Waals surface area contributed by atoms with Crippen molar-refractivity contribution >= 4 is 17.7 Å². The molecule has 1 aliphatic heterocycles. The molecule has 0 aliphatic carbocycles. The molecular weight excluding hydrogens is 222 g/mol. The zero-order valence-corrected chi connectivity index (χ0v) is 10.8. The van der Waals surface area contributed by atoms with E-state index in [0.29, 0.717) is 6.42 Å². The van der Waals surface area contributed by atoms with Gasteiger partial charge >= 0.3 is 5.97 Å². The van der Waals surface area contributed by atoms with Gasteiger partial charge in [-0.3, -0.25) is 4.79 Å². The minimum Gasteiger partial charge on any atom is -0.481 e. The summed E-state index contributed by atoms with van der Waals surface area (Å²) < 4.78 is 0. The average molecular weight is 245 g/mol. The van der Waals surface area contributed by atoms with Gasteiger partial charge in [-0.2, -0.15) is 11.8 Å². The molecule has 94 valence electrons. The predicted molar refractivity (Wildman–Crippen MR) is 69.1 cm³/mol. The van der Waals surface area contributed by atoms with E-state index in [1.165, 1.54) is 50.4 Å². The van der Waals surface area contributed by atoms with Gasteiger partial charge in [-0.25, -0.2) is 0 Å². The highest BCUT2D eigenvalue weighted by Crippen LogP contribution is 2.11. The van der Waals surface area contributed by atoms with Crippen molar-refractivity contribution in [1.29, 1.82) is 0 Å². The lowest BCUT2D eigenvalue weighted by Crippen LogP contribution is -2.33. The van der Waals surface area contributed by atoms with Crippen LogP contribution in [0.5, 0.6) is 0 Å². The lowest BCUT2D eigenvalue weighted by Gasteiger charge is -2.25. The highest BCUT2D eigenvalue weighted by Gasteiger charge is 2.08. The maximum atomic E-state index is 10.3. The molecule has 0 spiro atoms. The number of aliphatic carboxylic acids is 1. The Bertz CT molecular complexity index is 193. The zero-order valence-electron chi connectivity index (χ0n) is 9.99. The van der Waals surface area contributed by atoms with E-state index in [2.05, 4.69) is 16.7 Å². The Morgan fingerprint density at radius 2 is 1.69 bits per heavy atom. The van der Waals surface area contributed by atoms with Crippen LogP contribution < -0.4 is 0 Å². The summed E-state index contributed by atoms with van der Waals surface area (Å²) in [5.74, 6) is 1.92. The molecule has 0 aromatic heterocycles. The molecule has 0 atom stereocenters. The maximum absolute atomic E-state index is 10.3. The predicted octanol–water partition coefficient (Wildman–Crippen LogP) is 2.46. The number of hydrogen-bond donors (Lipinski definition) is 1. The Kier molecular flexibility index (Phi) is 7.68. The SMILES string of the molecule is O=C(O)CCCCCCCN1CCSCC1. The number of hydrogen-bond acceptors (Lipinski definition) is 3. The van der Waals surface area contributed by atoms with Gasteiger partial charge in [-0.05, 0) is 19.4 Å². The molecule has 0 aromatic carbocycles. The van der Waals surface area contributed by atoms with Crippen LogP contribution >= 0.6 is 11.8 Å². The summed E-state index contributed by atoms with van der Waals surface area (Å²) in [6.45, 7) is 3.74. The molecule has 0 aromatic rings. The smallest absolute Gasteiger partial charge is 0.303 e. The minimum absolute atomic E-state index is 0.337. The molecule has 0 amide bonds. The van der Waals surface area contributed by atoms with E-state index in [1.54, 1.807) is 0 Å². The molecule has 1 N–H and O–H groups in total. The van der Waals surface area contributed by atoms with Crippen molar-refractivity contribution in [2.45, 2.75) is 38.5 Å². The van der Waals surface area contributed by atoms with Gasteiger partial charge in [-0.1, -0.05) is 19.3 Å². The number of nitrogens with zero attached hydrogens (tertiary/aromatic N) is 1. The van der Waals surface area contributed by atoms with Crippen molar-refractivity contribution < 1.29 is 9.90 Å². The topological polar surface area (TPSA) is 40.5 Å². The van der Waals surface area contributed by atoms with E-state index in [9.17, 15) is 4.79 Å². The number of carbonyl (C=O) groups is 1. The summed E-state index contributed by atoms with van der Waals surface area (Å²) in [6, 6.07) is 0. The van der Waals surface area contributed by atoms with Crippen LogP contribution in [0.2, 0.25) is 0 Å². The highest BCUT2D eigenvalue weighted by molar-refractivity contribution is 7.99. The number of carboxylic acid groups (broad SMARTS) is 1. The molecule has 4 heteroatoms. The highest BCUT2D eigenvalue weighted by atomic mass is 32.2. The van der Waals surface area contributed by atoms with Crippen molar-refractivity contribution in [2.75, 3.05) is 31.1 Å². The fourth-order valence-corrected chi connectivity index (χ4v) is 2.95.